The van der Waals surface area contributed by atoms with Crippen LogP contribution in [0.1, 0.15) is 32.3 Å². The van der Waals surface area contributed by atoms with Crippen LogP contribution in [-0.4, -0.2) is 20.7 Å². The Kier molecular flexibility index (Phi) is 6.81. The smallest absolute Gasteiger partial charge is 0.118 e. The summed E-state index contributed by atoms with van der Waals surface area (Å²) in [4.78, 5) is 0. The molecule has 0 fully saturated rings. The van der Waals surface area contributed by atoms with E-state index in [-0.39, 0.29) is 0 Å². The van der Waals surface area contributed by atoms with Crippen LogP contribution < -0.4 is 10.1 Å². The van der Waals surface area contributed by atoms with E-state index < -0.39 is 0 Å². The third kappa shape index (κ3) is 5.54. The molecule has 1 atom stereocenters. The lowest BCUT2D eigenvalue weighted by Crippen LogP contribution is -2.21. The normalized spacial score (nSPS) is 12.7. The fraction of sp³-hybridized carbons (Fsp3) is 0.625. The third-order valence-electron chi connectivity index (χ3n) is 3.33. The second-order valence-corrected chi connectivity index (χ2v) is 5.45. The largest absolute Gasteiger partial charge is 0.497 e. The van der Waals surface area contributed by atoms with Crippen molar-refractivity contribution in [2.24, 2.45) is 11.8 Å². The second-order valence-electron chi connectivity index (χ2n) is 5.45. The van der Waals surface area contributed by atoms with Crippen LogP contribution in [0.15, 0.2) is 24.3 Å². The number of methoxy groups -OCH3 is 1. The summed E-state index contributed by atoms with van der Waals surface area (Å²) in [6, 6.07) is 8.45. The molecule has 1 aromatic rings. The van der Waals surface area contributed by atoms with Gasteiger partial charge in [-0.15, -0.1) is 0 Å². The molecule has 0 spiro atoms. The average molecular weight is 249 g/mol. The second kappa shape index (κ2) is 8.15. The van der Waals surface area contributed by atoms with E-state index in [9.17, 15) is 0 Å². The molecular formula is C16H27NO. The van der Waals surface area contributed by atoms with E-state index >= 15 is 0 Å². The summed E-state index contributed by atoms with van der Waals surface area (Å²) >= 11 is 0. The molecule has 0 aliphatic rings. The van der Waals surface area contributed by atoms with Crippen LogP contribution in [0.4, 0.5) is 0 Å². The minimum Gasteiger partial charge on any atom is -0.497 e. The van der Waals surface area contributed by atoms with Crippen molar-refractivity contribution in [1.29, 1.82) is 0 Å². The van der Waals surface area contributed by atoms with Crippen LogP contribution in [0.3, 0.4) is 0 Å². The summed E-state index contributed by atoms with van der Waals surface area (Å²) in [5.74, 6) is 2.46. The van der Waals surface area contributed by atoms with Gasteiger partial charge in [-0.05, 0) is 56.0 Å². The van der Waals surface area contributed by atoms with Gasteiger partial charge >= 0.3 is 0 Å². The van der Waals surface area contributed by atoms with Gasteiger partial charge in [0.2, 0.25) is 0 Å². The summed E-state index contributed by atoms with van der Waals surface area (Å²) < 4.78 is 5.19. The van der Waals surface area contributed by atoms with Crippen LogP contribution in [0.25, 0.3) is 0 Å². The molecule has 0 radical (unpaired) electrons. The number of benzene rings is 1. The maximum atomic E-state index is 5.19. The molecule has 18 heavy (non-hydrogen) atoms. The molecule has 0 heterocycles. The number of nitrogens with one attached hydrogen (secondary N) is 1. The SMILES string of the molecule is CNCC(CCC(C)C)Cc1ccc(OC)cc1. The zero-order valence-electron chi connectivity index (χ0n) is 12.2. The van der Waals surface area contributed by atoms with E-state index in [4.69, 9.17) is 4.74 Å². The van der Waals surface area contributed by atoms with Crippen LogP contribution in [0.2, 0.25) is 0 Å². The Morgan fingerprint density at radius 2 is 1.78 bits per heavy atom. The Bertz CT molecular complexity index is 318. The number of hydrogen-bond acceptors (Lipinski definition) is 2. The summed E-state index contributed by atoms with van der Waals surface area (Å²) in [6.07, 6.45) is 3.75. The van der Waals surface area contributed by atoms with Gasteiger partial charge < -0.3 is 10.1 Å². The van der Waals surface area contributed by atoms with Gasteiger partial charge in [0.25, 0.3) is 0 Å². The van der Waals surface area contributed by atoms with E-state index in [2.05, 4.69) is 31.3 Å². The molecule has 1 unspecified atom stereocenters. The Balaban J connectivity index is 2.52. The van der Waals surface area contributed by atoms with Crippen LogP contribution in [0.5, 0.6) is 5.75 Å². The molecule has 0 aliphatic carbocycles. The Hall–Kier alpha value is -1.02. The van der Waals surface area contributed by atoms with Crippen molar-refractivity contribution in [2.75, 3.05) is 20.7 Å². The predicted molar refractivity (Wildman–Crippen MR) is 78.2 cm³/mol. The van der Waals surface area contributed by atoms with E-state index in [0.717, 1.165) is 30.6 Å². The molecule has 1 rings (SSSR count). The molecule has 0 bridgehead atoms. The summed E-state index contributed by atoms with van der Waals surface area (Å²) in [7, 11) is 3.75. The van der Waals surface area contributed by atoms with E-state index in [1.165, 1.54) is 18.4 Å². The lowest BCUT2D eigenvalue weighted by Gasteiger charge is -2.18. The predicted octanol–water partition coefficient (Wildman–Crippen LogP) is 3.51. The summed E-state index contributed by atoms with van der Waals surface area (Å²) in [5.41, 5.74) is 1.40. The van der Waals surface area contributed by atoms with Gasteiger partial charge in [-0.1, -0.05) is 32.4 Å². The molecule has 102 valence electrons. The fourth-order valence-electron chi connectivity index (χ4n) is 2.23. The molecule has 0 aromatic heterocycles. The number of rotatable bonds is 8. The Morgan fingerprint density at radius 1 is 1.11 bits per heavy atom. The highest BCUT2D eigenvalue weighted by Gasteiger charge is 2.10. The van der Waals surface area contributed by atoms with Gasteiger partial charge in [0, 0.05) is 0 Å². The topological polar surface area (TPSA) is 21.3 Å². The lowest BCUT2D eigenvalue weighted by atomic mass is 9.92. The molecule has 2 nitrogen and oxygen atoms in total. The van der Waals surface area contributed by atoms with Gasteiger partial charge in [0.1, 0.15) is 5.75 Å². The quantitative estimate of drug-likeness (QED) is 0.761. The molecule has 0 saturated heterocycles. The maximum Gasteiger partial charge on any atom is 0.118 e. The fourth-order valence-corrected chi connectivity index (χ4v) is 2.23. The van der Waals surface area contributed by atoms with Gasteiger partial charge in [0.05, 0.1) is 7.11 Å². The highest BCUT2D eigenvalue weighted by atomic mass is 16.5. The number of hydrogen-bond donors (Lipinski definition) is 1. The number of ether oxygens (including phenoxy) is 1. The van der Waals surface area contributed by atoms with E-state index in [0.29, 0.717) is 0 Å². The molecule has 1 N–H and O–H groups in total. The lowest BCUT2D eigenvalue weighted by molar-refractivity contribution is 0.406. The molecule has 2 heteroatoms. The van der Waals surface area contributed by atoms with Crippen molar-refractivity contribution in [3.8, 4) is 5.75 Å². The minimum atomic E-state index is 0.728. The van der Waals surface area contributed by atoms with Crippen molar-refractivity contribution in [2.45, 2.75) is 33.1 Å². The van der Waals surface area contributed by atoms with Crippen LogP contribution in [0, 0.1) is 11.8 Å². The van der Waals surface area contributed by atoms with Gasteiger partial charge in [-0.2, -0.15) is 0 Å². The highest BCUT2D eigenvalue weighted by molar-refractivity contribution is 5.27. The first-order chi connectivity index (χ1) is 8.65. The van der Waals surface area contributed by atoms with Gasteiger partial charge in [-0.25, -0.2) is 0 Å². The molecular weight excluding hydrogens is 222 g/mol. The zero-order valence-corrected chi connectivity index (χ0v) is 12.2. The standard InChI is InChI=1S/C16H27NO/c1-13(2)5-6-15(12-17-3)11-14-7-9-16(18-4)10-8-14/h7-10,13,15,17H,5-6,11-12H2,1-4H3. The van der Waals surface area contributed by atoms with Crippen LogP contribution in [-0.2, 0) is 6.42 Å². The Morgan fingerprint density at radius 3 is 2.28 bits per heavy atom. The van der Waals surface area contributed by atoms with Crippen molar-refractivity contribution in [1.82, 2.24) is 5.32 Å². The van der Waals surface area contributed by atoms with Crippen molar-refractivity contribution in [3.05, 3.63) is 29.8 Å². The van der Waals surface area contributed by atoms with Crippen LogP contribution >= 0.6 is 0 Å². The Labute approximate surface area is 112 Å². The minimum absolute atomic E-state index is 0.728. The average Bonchev–Trinajstić information content (AvgIpc) is 2.37. The molecule has 0 saturated carbocycles. The van der Waals surface area contributed by atoms with Crippen molar-refractivity contribution >= 4 is 0 Å². The molecule has 0 amide bonds. The molecule has 1 aromatic carbocycles. The highest BCUT2D eigenvalue weighted by Crippen LogP contribution is 2.19. The zero-order chi connectivity index (χ0) is 13.4. The van der Waals surface area contributed by atoms with E-state index in [1.807, 2.05) is 19.2 Å². The van der Waals surface area contributed by atoms with E-state index in [1.54, 1.807) is 7.11 Å². The van der Waals surface area contributed by atoms with Crippen molar-refractivity contribution < 1.29 is 4.74 Å². The summed E-state index contributed by atoms with van der Waals surface area (Å²) in [6.45, 7) is 5.69. The van der Waals surface area contributed by atoms with Gasteiger partial charge in [-0.3, -0.25) is 0 Å². The first-order valence-electron chi connectivity index (χ1n) is 6.93. The first kappa shape index (κ1) is 15.0. The van der Waals surface area contributed by atoms with Gasteiger partial charge in [0.15, 0.2) is 0 Å². The first-order valence-corrected chi connectivity index (χ1v) is 6.93. The third-order valence-corrected chi connectivity index (χ3v) is 3.33. The summed E-state index contributed by atoms with van der Waals surface area (Å²) in [5, 5.41) is 3.31. The maximum absolute atomic E-state index is 5.19. The molecule has 0 aliphatic heterocycles. The monoisotopic (exact) mass is 249 g/mol. The van der Waals surface area contributed by atoms with Crippen molar-refractivity contribution in [3.63, 3.8) is 0 Å².